The lowest BCUT2D eigenvalue weighted by molar-refractivity contribution is -0.142. The van der Waals surface area contributed by atoms with Crippen molar-refractivity contribution in [2.75, 3.05) is 85.1 Å². The maximum atomic E-state index is 11.5. The van der Waals surface area contributed by atoms with E-state index in [1.165, 1.54) is 6.08 Å². The van der Waals surface area contributed by atoms with E-state index in [9.17, 15) is 9.59 Å². The first-order valence-electron chi connectivity index (χ1n) is 11.9. The zero-order valence-corrected chi connectivity index (χ0v) is 20.9. The van der Waals surface area contributed by atoms with E-state index >= 15 is 0 Å². The summed E-state index contributed by atoms with van der Waals surface area (Å²) in [6.07, 6.45) is 7.75. The number of hydrogen-bond acceptors (Lipinski definition) is 9. The van der Waals surface area contributed by atoms with Crippen LogP contribution in [0.15, 0.2) is 12.2 Å². The molecule has 10 nitrogen and oxygen atoms in total. The van der Waals surface area contributed by atoms with Crippen LogP contribution >= 0.6 is 11.6 Å². The van der Waals surface area contributed by atoms with Crippen molar-refractivity contribution in [2.45, 2.75) is 38.5 Å². The summed E-state index contributed by atoms with van der Waals surface area (Å²) in [5.74, 6) is 0.411. The first-order valence-corrected chi connectivity index (χ1v) is 12.4. The second-order valence-electron chi connectivity index (χ2n) is 7.06. The Hall–Kier alpha value is -1.43. The smallest absolute Gasteiger partial charge is 0.407 e. The Balaban J connectivity index is 3.24. The summed E-state index contributed by atoms with van der Waals surface area (Å²) in [7, 11) is 0. The van der Waals surface area contributed by atoms with Crippen LogP contribution in [0.2, 0.25) is 0 Å². The van der Waals surface area contributed by atoms with Crippen LogP contribution in [0.1, 0.15) is 38.5 Å². The van der Waals surface area contributed by atoms with Crippen molar-refractivity contribution in [2.24, 2.45) is 0 Å². The number of aliphatic hydroxyl groups is 1. The lowest BCUT2D eigenvalue weighted by Crippen LogP contribution is -2.29. The van der Waals surface area contributed by atoms with Crippen molar-refractivity contribution in [1.82, 2.24) is 5.32 Å². The number of halogens is 1. The van der Waals surface area contributed by atoms with Crippen molar-refractivity contribution in [3.05, 3.63) is 12.2 Å². The van der Waals surface area contributed by atoms with Gasteiger partial charge in [-0.25, -0.2) is 4.79 Å². The average Bonchev–Trinajstić information content (AvgIpc) is 2.83. The molecule has 1 amide bonds. The average molecular weight is 512 g/mol. The first kappa shape index (κ1) is 32.6. The molecule has 0 aromatic rings. The SMILES string of the molecule is O=C(CCCOCCOCCOC(=O)NCCOCCOCCCCCCCl)OC/C=C/CO. The molecule has 0 bridgehead atoms. The van der Waals surface area contributed by atoms with Crippen molar-refractivity contribution in [3.8, 4) is 0 Å². The molecule has 0 aliphatic carbocycles. The molecule has 0 aliphatic heterocycles. The van der Waals surface area contributed by atoms with Crippen LogP contribution in [0.5, 0.6) is 0 Å². The molecule has 34 heavy (non-hydrogen) atoms. The fourth-order valence-electron chi connectivity index (χ4n) is 2.44. The van der Waals surface area contributed by atoms with E-state index in [1.807, 2.05) is 0 Å². The number of esters is 1. The van der Waals surface area contributed by atoms with Gasteiger partial charge in [-0.05, 0) is 25.3 Å². The zero-order valence-electron chi connectivity index (χ0n) is 20.2. The van der Waals surface area contributed by atoms with Crippen LogP contribution in [0.3, 0.4) is 0 Å². The van der Waals surface area contributed by atoms with Gasteiger partial charge < -0.3 is 38.8 Å². The summed E-state index contributed by atoms with van der Waals surface area (Å²) < 4.78 is 31.4. The highest BCUT2D eigenvalue weighted by Crippen LogP contribution is 2.01. The highest BCUT2D eigenvalue weighted by atomic mass is 35.5. The summed E-state index contributed by atoms with van der Waals surface area (Å²) in [5, 5.41) is 11.1. The number of hydrogen-bond donors (Lipinski definition) is 2. The van der Waals surface area contributed by atoms with Crippen LogP contribution in [-0.2, 0) is 33.2 Å². The molecular formula is C23H42ClNO9. The number of aliphatic hydroxyl groups excluding tert-OH is 1. The number of nitrogens with one attached hydrogen (secondary N) is 1. The highest BCUT2D eigenvalue weighted by Gasteiger charge is 2.02. The van der Waals surface area contributed by atoms with Crippen molar-refractivity contribution in [3.63, 3.8) is 0 Å². The minimum Gasteiger partial charge on any atom is -0.461 e. The van der Waals surface area contributed by atoms with E-state index in [0.29, 0.717) is 52.6 Å². The normalized spacial score (nSPS) is 11.1. The molecule has 0 aromatic carbocycles. The van der Waals surface area contributed by atoms with Crippen LogP contribution in [0.25, 0.3) is 0 Å². The molecular weight excluding hydrogens is 470 g/mol. The first-order chi connectivity index (χ1) is 16.7. The molecule has 0 heterocycles. The van der Waals surface area contributed by atoms with Gasteiger partial charge in [0.25, 0.3) is 0 Å². The van der Waals surface area contributed by atoms with Gasteiger partial charge in [-0.15, -0.1) is 11.6 Å². The second kappa shape index (κ2) is 27.8. The van der Waals surface area contributed by atoms with Gasteiger partial charge in [0, 0.05) is 32.1 Å². The van der Waals surface area contributed by atoms with E-state index < -0.39 is 6.09 Å². The van der Waals surface area contributed by atoms with Gasteiger partial charge in [-0.2, -0.15) is 0 Å². The van der Waals surface area contributed by atoms with Crippen molar-refractivity contribution < 1.29 is 43.1 Å². The largest absolute Gasteiger partial charge is 0.461 e. The van der Waals surface area contributed by atoms with Gasteiger partial charge in [-0.1, -0.05) is 18.9 Å². The molecule has 0 unspecified atom stereocenters. The molecule has 0 radical (unpaired) electrons. The minimum absolute atomic E-state index is 0.0734. The quantitative estimate of drug-likeness (QED) is 0.0823. The standard InChI is InChI=1S/C23H42ClNO9/c24-9-3-1-2-5-12-29-16-18-31-15-10-25-23(28)34-21-20-32-19-17-30-13-7-8-22(27)33-14-6-4-11-26/h4,6,26H,1-3,5,7-21H2,(H,25,28)/b6-4+. The van der Waals surface area contributed by atoms with Crippen LogP contribution in [0.4, 0.5) is 4.79 Å². The van der Waals surface area contributed by atoms with Gasteiger partial charge in [0.1, 0.15) is 13.2 Å². The number of carbonyl (C=O) groups excluding carboxylic acids is 2. The van der Waals surface area contributed by atoms with E-state index in [4.69, 9.17) is 45.1 Å². The number of carbonyl (C=O) groups is 2. The van der Waals surface area contributed by atoms with E-state index in [-0.39, 0.29) is 38.8 Å². The van der Waals surface area contributed by atoms with Crippen LogP contribution in [-0.4, -0.2) is 102 Å². The van der Waals surface area contributed by atoms with Gasteiger partial charge >= 0.3 is 12.1 Å². The molecule has 0 saturated heterocycles. The molecule has 2 N–H and O–H groups in total. The van der Waals surface area contributed by atoms with Gasteiger partial charge in [0.15, 0.2) is 0 Å². The van der Waals surface area contributed by atoms with Crippen molar-refractivity contribution in [1.29, 1.82) is 0 Å². The summed E-state index contributed by atoms with van der Waals surface area (Å²) >= 11 is 5.62. The van der Waals surface area contributed by atoms with Crippen LogP contribution in [0, 0.1) is 0 Å². The lowest BCUT2D eigenvalue weighted by atomic mass is 10.2. The van der Waals surface area contributed by atoms with Gasteiger partial charge in [0.2, 0.25) is 0 Å². The predicted molar refractivity (Wildman–Crippen MR) is 128 cm³/mol. The number of rotatable bonds is 25. The van der Waals surface area contributed by atoms with Gasteiger partial charge in [0.05, 0.1) is 46.2 Å². The highest BCUT2D eigenvalue weighted by molar-refractivity contribution is 6.17. The molecule has 0 fully saturated rings. The molecule has 0 saturated carbocycles. The molecule has 0 spiro atoms. The summed E-state index contributed by atoms with van der Waals surface area (Å²) in [6.45, 7) is 4.17. The third-order valence-electron chi connectivity index (χ3n) is 4.18. The number of ether oxygens (including phenoxy) is 6. The van der Waals surface area contributed by atoms with E-state index in [0.717, 1.165) is 38.2 Å². The van der Waals surface area contributed by atoms with Crippen molar-refractivity contribution >= 4 is 23.7 Å². The molecule has 11 heteroatoms. The molecule has 0 aromatic heterocycles. The van der Waals surface area contributed by atoms with Gasteiger partial charge in [-0.3, -0.25) is 4.79 Å². The number of amides is 1. The Morgan fingerprint density at radius 2 is 1.32 bits per heavy atom. The fraction of sp³-hybridized carbons (Fsp3) is 0.826. The maximum Gasteiger partial charge on any atom is 0.407 e. The molecule has 200 valence electrons. The Labute approximate surface area is 208 Å². The molecule has 0 atom stereocenters. The zero-order chi connectivity index (χ0) is 25.0. The van der Waals surface area contributed by atoms with Crippen LogP contribution < -0.4 is 5.32 Å². The fourth-order valence-corrected chi connectivity index (χ4v) is 2.63. The monoisotopic (exact) mass is 511 g/mol. The third kappa shape index (κ3) is 26.8. The molecule has 0 aliphatic rings. The Morgan fingerprint density at radius 3 is 2.03 bits per heavy atom. The summed E-state index contributed by atoms with van der Waals surface area (Å²) in [5.41, 5.74) is 0. The number of unbranched alkanes of at least 4 members (excludes halogenated alkanes) is 3. The Morgan fingerprint density at radius 1 is 0.706 bits per heavy atom. The third-order valence-corrected chi connectivity index (χ3v) is 4.44. The molecule has 0 rings (SSSR count). The minimum atomic E-state index is -0.518. The van der Waals surface area contributed by atoms with E-state index in [1.54, 1.807) is 6.08 Å². The Kier molecular flexibility index (Phi) is 26.6. The summed E-state index contributed by atoms with van der Waals surface area (Å²) in [6, 6.07) is 0. The second-order valence-corrected chi connectivity index (χ2v) is 7.43. The predicted octanol–water partition coefficient (Wildman–Crippen LogP) is 2.45. The lowest BCUT2D eigenvalue weighted by Gasteiger charge is -2.09. The maximum absolute atomic E-state index is 11.5. The number of alkyl halides is 1. The summed E-state index contributed by atoms with van der Waals surface area (Å²) in [4.78, 5) is 22.9. The van der Waals surface area contributed by atoms with E-state index in [2.05, 4.69) is 5.32 Å². The number of alkyl carbamates (subject to hydrolysis) is 1. The Bertz CT molecular complexity index is 495. The topological polar surface area (TPSA) is 122 Å².